The molecule has 1 aliphatic heterocycles. The maximum absolute atomic E-state index is 11.1. The van der Waals surface area contributed by atoms with Crippen LogP contribution >= 0.6 is 0 Å². The number of rotatable bonds is 0. The molecule has 5 nitrogen and oxygen atoms in total. The third-order valence-corrected chi connectivity index (χ3v) is 3.04. The van der Waals surface area contributed by atoms with Crippen LogP contribution in [0.25, 0.3) is 0 Å². The number of fused-ring (bicyclic) bond motifs is 1. The number of carbonyl (C=O) groups excluding carboxylic acids is 1. The minimum absolute atomic E-state index is 0. The fraction of sp³-hybridized carbons (Fsp3) is 0. The van der Waals surface area contributed by atoms with Crippen molar-refractivity contribution in [1.82, 2.24) is 4.72 Å². The Morgan fingerprint density at radius 2 is 1.71 bits per heavy atom. The summed E-state index contributed by atoms with van der Waals surface area (Å²) in [4.78, 5) is 11.1. The fourth-order valence-corrected chi connectivity index (χ4v) is 2.29. The third-order valence-electron chi connectivity index (χ3n) is 1.65. The summed E-state index contributed by atoms with van der Waals surface area (Å²) in [5.41, 5.74) is 0.220. The summed E-state index contributed by atoms with van der Waals surface area (Å²) in [6.07, 6.45) is 0. The van der Waals surface area contributed by atoms with Gasteiger partial charge in [-0.15, -0.1) is 0 Å². The summed E-state index contributed by atoms with van der Waals surface area (Å²) in [6.45, 7) is 0. The number of carbonyl (C=O) groups is 1. The van der Waals surface area contributed by atoms with Gasteiger partial charge in [-0.3, -0.25) is 4.79 Å². The van der Waals surface area contributed by atoms with Gasteiger partial charge in [0.15, 0.2) is 0 Å². The van der Waals surface area contributed by atoms with E-state index in [9.17, 15) is 13.2 Å². The molecule has 0 atom stereocenters. The van der Waals surface area contributed by atoms with E-state index in [0.717, 1.165) is 0 Å². The van der Waals surface area contributed by atoms with Gasteiger partial charge in [0.05, 0.1) is 5.56 Å². The number of sulfonamides is 1. The van der Waals surface area contributed by atoms with Crippen LogP contribution in [0.1, 0.15) is 10.4 Å². The number of benzene rings is 1. The second kappa shape index (κ2) is 4.41. The van der Waals surface area contributed by atoms with Crippen molar-refractivity contribution in [2.24, 2.45) is 0 Å². The van der Waals surface area contributed by atoms with Crippen molar-refractivity contribution in [1.29, 1.82) is 0 Å². The van der Waals surface area contributed by atoms with Gasteiger partial charge in [-0.2, -0.15) is 0 Å². The summed E-state index contributed by atoms with van der Waals surface area (Å²) in [5, 5.41) is 0. The smallest absolute Gasteiger partial charge is 0.412 e. The first-order chi connectivity index (χ1) is 5.61. The maximum Gasteiger partial charge on any atom is 1.00 e. The van der Waals surface area contributed by atoms with Gasteiger partial charge in [-0.25, -0.2) is 13.1 Å². The van der Waals surface area contributed by atoms with Crippen molar-refractivity contribution in [2.75, 3.05) is 0 Å². The van der Waals surface area contributed by atoms with Crippen LogP contribution in [0.2, 0.25) is 0 Å². The standard InChI is InChI=1S/C7H5NO3S.Na.H2O/c9-7-5-3-1-2-4-6(5)12(10,11)8-7;;/h1-4H,(H,8,9);;1H2/q;+1;. The molecule has 0 unspecified atom stereocenters. The number of nitrogens with one attached hydrogen (secondary N) is 1. The zero-order valence-electron chi connectivity index (χ0n) is 7.44. The third kappa shape index (κ3) is 1.99. The average Bonchev–Trinajstić information content (AvgIpc) is 2.25. The maximum atomic E-state index is 11.1. The van der Waals surface area contributed by atoms with Crippen LogP contribution in [-0.2, 0) is 10.0 Å². The van der Waals surface area contributed by atoms with Gasteiger partial charge in [-0.1, -0.05) is 12.1 Å². The molecule has 0 saturated carbocycles. The molecule has 2 rings (SSSR count). The summed E-state index contributed by atoms with van der Waals surface area (Å²) < 4.78 is 24.2. The van der Waals surface area contributed by atoms with Crippen LogP contribution in [-0.4, -0.2) is 19.8 Å². The number of hydrogen-bond donors (Lipinski definition) is 1. The Kier molecular flexibility index (Phi) is 4.29. The van der Waals surface area contributed by atoms with Gasteiger partial charge in [-0.05, 0) is 12.1 Å². The zero-order chi connectivity index (χ0) is 8.77. The molecule has 1 aromatic rings. The van der Waals surface area contributed by atoms with Gasteiger partial charge in [0.2, 0.25) is 0 Å². The van der Waals surface area contributed by atoms with Gasteiger partial charge in [0.25, 0.3) is 15.9 Å². The summed E-state index contributed by atoms with van der Waals surface area (Å²) in [7, 11) is -3.55. The van der Waals surface area contributed by atoms with Crippen molar-refractivity contribution >= 4 is 15.9 Å². The van der Waals surface area contributed by atoms with E-state index in [1.807, 2.05) is 4.72 Å². The normalized spacial score (nSPS) is 15.9. The predicted octanol–water partition coefficient (Wildman–Crippen LogP) is -3.70. The summed E-state index contributed by atoms with van der Waals surface area (Å²) >= 11 is 0. The number of hydrogen-bond acceptors (Lipinski definition) is 3. The zero-order valence-corrected chi connectivity index (χ0v) is 10.3. The van der Waals surface area contributed by atoms with E-state index >= 15 is 0 Å². The first-order valence-electron chi connectivity index (χ1n) is 3.27. The molecule has 14 heavy (non-hydrogen) atoms. The Morgan fingerprint density at radius 1 is 1.14 bits per heavy atom. The molecular formula is C7H7NNaO4S+. The Balaban J connectivity index is 0.000000845. The molecule has 0 saturated heterocycles. The molecule has 1 amide bonds. The Labute approximate surface area is 103 Å². The van der Waals surface area contributed by atoms with Gasteiger partial charge >= 0.3 is 29.6 Å². The first-order valence-corrected chi connectivity index (χ1v) is 4.76. The van der Waals surface area contributed by atoms with Crippen LogP contribution in [0.4, 0.5) is 0 Å². The van der Waals surface area contributed by atoms with Crippen molar-refractivity contribution < 1.29 is 48.2 Å². The van der Waals surface area contributed by atoms with Gasteiger partial charge in [0.1, 0.15) is 4.90 Å². The van der Waals surface area contributed by atoms with E-state index < -0.39 is 15.9 Å². The Hall–Kier alpha value is -0.400. The van der Waals surface area contributed by atoms with Crippen molar-refractivity contribution in [3.05, 3.63) is 29.8 Å². The SMILES string of the molecule is O.O=C1NS(=O)(=O)c2ccccc21.[Na+]. The van der Waals surface area contributed by atoms with E-state index in [0.29, 0.717) is 0 Å². The molecule has 0 bridgehead atoms. The molecular weight excluding hydrogens is 217 g/mol. The quantitative estimate of drug-likeness (QED) is 0.459. The van der Waals surface area contributed by atoms with Crippen LogP contribution in [0.15, 0.2) is 29.2 Å². The second-order valence-electron chi connectivity index (χ2n) is 2.43. The molecule has 3 N–H and O–H groups in total. The molecule has 0 aromatic heterocycles. The van der Waals surface area contributed by atoms with Crippen LogP contribution in [0, 0.1) is 0 Å². The van der Waals surface area contributed by atoms with Crippen molar-refractivity contribution in [2.45, 2.75) is 4.90 Å². The largest absolute Gasteiger partial charge is 1.00 e. The molecule has 1 aromatic carbocycles. The molecule has 1 aliphatic rings. The average molecular weight is 224 g/mol. The topological polar surface area (TPSA) is 94.7 Å². The minimum atomic E-state index is -3.55. The van der Waals surface area contributed by atoms with Crippen molar-refractivity contribution in [3.63, 3.8) is 0 Å². The predicted molar refractivity (Wildman–Crippen MR) is 44.7 cm³/mol. The van der Waals surface area contributed by atoms with Crippen LogP contribution in [0.5, 0.6) is 0 Å². The van der Waals surface area contributed by atoms with Crippen molar-refractivity contribution in [3.8, 4) is 0 Å². The molecule has 1 heterocycles. The monoisotopic (exact) mass is 224 g/mol. The molecule has 70 valence electrons. The molecule has 0 spiro atoms. The van der Waals surface area contributed by atoms with Gasteiger partial charge < -0.3 is 5.48 Å². The molecule has 0 fully saturated rings. The van der Waals surface area contributed by atoms with E-state index in [1.54, 1.807) is 12.1 Å². The summed E-state index contributed by atoms with van der Waals surface area (Å²) in [6, 6.07) is 6.09. The van der Waals surface area contributed by atoms with E-state index in [1.165, 1.54) is 12.1 Å². The minimum Gasteiger partial charge on any atom is -0.412 e. The second-order valence-corrected chi connectivity index (χ2v) is 4.08. The Bertz CT molecular complexity index is 457. The summed E-state index contributed by atoms with van der Waals surface area (Å²) in [5.74, 6) is -0.550. The molecule has 0 radical (unpaired) electrons. The Morgan fingerprint density at radius 3 is 2.29 bits per heavy atom. The van der Waals surface area contributed by atoms with Gasteiger partial charge in [0, 0.05) is 0 Å². The van der Waals surface area contributed by atoms with Crippen LogP contribution < -0.4 is 34.3 Å². The van der Waals surface area contributed by atoms with E-state index in [-0.39, 0.29) is 45.5 Å². The number of amides is 1. The molecule has 7 heteroatoms. The fourth-order valence-electron chi connectivity index (χ4n) is 1.12. The van der Waals surface area contributed by atoms with E-state index in [4.69, 9.17) is 0 Å². The first kappa shape index (κ1) is 13.6. The van der Waals surface area contributed by atoms with Crippen LogP contribution in [0.3, 0.4) is 0 Å². The van der Waals surface area contributed by atoms with E-state index in [2.05, 4.69) is 0 Å². The molecule has 0 aliphatic carbocycles.